The maximum absolute atomic E-state index is 14.0. The number of aromatic nitrogens is 4. The second-order valence-electron chi connectivity index (χ2n) is 16.6. The summed E-state index contributed by atoms with van der Waals surface area (Å²) < 4.78 is 4.78. The van der Waals surface area contributed by atoms with Crippen LogP contribution >= 0.6 is 0 Å². The van der Waals surface area contributed by atoms with Gasteiger partial charge in [-0.3, -0.25) is 9.59 Å². The largest absolute Gasteiger partial charge is 0.453 e. The summed E-state index contributed by atoms with van der Waals surface area (Å²) in [6.07, 6.45) is 6.60. The van der Waals surface area contributed by atoms with Crippen LogP contribution < -0.4 is 5.32 Å². The standard InChI is InChI=1S/C48H53N7O4/c1-29(2)42(33-11-7-6-8-12-33)46(56)54-23-9-13-40(54)44-49-27-38(51-44)32-17-15-31(16-18-32)34-19-20-36-26-37(22-21-35(36)25-34)39-28-50-45(52-39)41-14-10-24-55(41)47(57)43(30(3)4)53-48(58)59-5/h6-8,11-12,15-22,25-30,40-43H,9-10,13-14,23-24H2,1-5H3,(H,49,51)(H,50,52)(H,53,58). The van der Waals surface area contributed by atoms with Crippen LogP contribution in [0.3, 0.4) is 0 Å². The molecule has 0 saturated carbocycles. The van der Waals surface area contributed by atoms with Crippen molar-refractivity contribution in [3.05, 3.63) is 121 Å². The summed E-state index contributed by atoms with van der Waals surface area (Å²) in [6, 6.07) is 30.6. The highest BCUT2D eigenvalue weighted by molar-refractivity contribution is 5.91. The lowest BCUT2D eigenvalue weighted by Crippen LogP contribution is -2.51. The SMILES string of the molecule is COC(=O)NC(C(=O)N1CCCC1c1ncc(-c2ccc3cc(-c4ccc(-c5cnc(C6CCCN6C(=O)C(c6ccccc6)C(C)C)[nH]5)cc4)ccc3c2)[nH]1)C(C)C. The van der Waals surface area contributed by atoms with Crippen molar-refractivity contribution >= 4 is 28.7 Å². The first-order valence-electron chi connectivity index (χ1n) is 20.8. The number of carbonyl (C=O) groups is 3. The minimum atomic E-state index is -0.679. The fraction of sp³-hybridized carbons (Fsp3) is 0.354. The predicted octanol–water partition coefficient (Wildman–Crippen LogP) is 9.43. The van der Waals surface area contributed by atoms with Gasteiger partial charge < -0.3 is 29.8 Å². The maximum atomic E-state index is 14.0. The van der Waals surface area contributed by atoms with E-state index in [2.05, 4.69) is 102 Å². The van der Waals surface area contributed by atoms with Crippen molar-refractivity contribution in [1.82, 2.24) is 35.1 Å². The van der Waals surface area contributed by atoms with Crippen molar-refractivity contribution in [3.63, 3.8) is 0 Å². The van der Waals surface area contributed by atoms with Gasteiger partial charge in [0.1, 0.15) is 17.7 Å². The molecular weight excluding hydrogens is 739 g/mol. The van der Waals surface area contributed by atoms with Crippen LogP contribution in [0, 0.1) is 11.8 Å². The number of amides is 3. The van der Waals surface area contributed by atoms with Gasteiger partial charge in [0.15, 0.2) is 0 Å². The number of likely N-dealkylation sites (tertiary alicyclic amines) is 2. The van der Waals surface area contributed by atoms with E-state index in [1.807, 2.05) is 54.2 Å². The molecule has 2 aliphatic heterocycles. The molecule has 2 saturated heterocycles. The Morgan fingerprint density at radius 3 is 1.76 bits per heavy atom. The van der Waals surface area contributed by atoms with E-state index < -0.39 is 12.1 Å². The lowest BCUT2D eigenvalue weighted by Gasteiger charge is -2.30. The van der Waals surface area contributed by atoms with Crippen molar-refractivity contribution in [1.29, 1.82) is 0 Å². The monoisotopic (exact) mass is 791 g/mol. The molecule has 2 aliphatic rings. The van der Waals surface area contributed by atoms with Crippen molar-refractivity contribution in [2.45, 2.75) is 77.4 Å². The van der Waals surface area contributed by atoms with E-state index in [4.69, 9.17) is 14.7 Å². The second-order valence-corrected chi connectivity index (χ2v) is 16.6. The number of carbonyl (C=O) groups excluding carboxylic acids is 3. The van der Waals surface area contributed by atoms with E-state index in [-0.39, 0.29) is 41.7 Å². The summed E-state index contributed by atoms with van der Waals surface area (Å²) in [6.45, 7) is 9.41. The van der Waals surface area contributed by atoms with E-state index in [0.29, 0.717) is 6.54 Å². The molecule has 0 aliphatic carbocycles. The van der Waals surface area contributed by atoms with Crippen LogP contribution in [0.25, 0.3) is 44.4 Å². The molecule has 0 radical (unpaired) electrons. The van der Waals surface area contributed by atoms with Crippen molar-refractivity contribution in [3.8, 4) is 33.6 Å². The summed E-state index contributed by atoms with van der Waals surface area (Å²) in [5.74, 6) is 1.53. The molecule has 11 heteroatoms. The molecule has 3 amide bonds. The zero-order valence-corrected chi connectivity index (χ0v) is 34.4. The number of H-pyrrole nitrogens is 2. The Morgan fingerprint density at radius 1 is 0.661 bits per heavy atom. The molecule has 4 unspecified atom stereocenters. The number of ether oxygens (including phenoxy) is 1. The third kappa shape index (κ3) is 8.11. The molecule has 0 bridgehead atoms. The van der Waals surface area contributed by atoms with Gasteiger partial charge in [0.25, 0.3) is 0 Å². The molecule has 8 rings (SSSR count). The van der Waals surface area contributed by atoms with Gasteiger partial charge in [0.2, 0.25) is 11.8 Å². The summed E-state index contributed by atoms with van der Waals surface area (Å²) in [5, 5.41) is 4.95. The molecule has 4 atom stereocenters. The van der Waals surface area contributed by atoms with Crippen molar-refractivity contribution < 1.29 is 19.1 Å². The average molecular weight is 792 g/mol. The van der Waals surface area contributed by atoms with Gasteiger partial charge in [-0.2, -0.15) is 0 Å². The number of nitrogens with zero attached hydrogens (tertiary/aromatic N) is 4. The first-order chi connectivity index (χ1) is 28.6. The Balaban J connectivity index is 0.944. The number of hydrogen-bond acceptors (Lipinski definition) is 6. The molecule has 59 heavy (non-hydrogen) atoms. The van der Waals surface area contributed by atoms with E-state index in [0.717, 1.165) is 93.9 Å². The Bertz CT molecular complexity index is 2440. The van der Waals surface area contributed by atoms with Gasteiger partial charge in [0.05, 0.1) is 48.9 Å². The topological polar surface area (TPSA) is 136 Å². The molecular formula is C48H53N7O4. The van der Waals surface area contributed by atoms with Crippen LogP contribution in [-0.4, -0.2) is 73.9 Å². The van der Waals surface area contributed by atoms with Gasteiger partial charge in [-0.05, 0) is 82.7 Å². The smallest absolute Gasteiger partial charge is 0.407 e. The van der Waals surface area contributed by atoms with Crippen LogP contribution in [0.1, 0.15) is 88.6 Å². The Morgan fingerprint density at radius 2 is 1.19 bits per heavy atom. The second kappa shape index (κ2) is 16.9. The van der Waals surface area contributed by atoms with Gasteiger partial charge >= 0.3 is 6.09 Å². The third-order valence-electron chi connectivity index (χ3n) is 12.1. The number of hydrogen-bond donors (Lipinski definition) is 3. The van der Waals surface area contributed by atoms with Crippen molar-refractivity contribution in [2.24, 2.45) is 11.8 Å². The highest BCUT2D eigenvalue weighted by Gasteiger charge is 2.39. The number of imidazole rings is 2. The number of fused-ring (bicyclic) bond motifs is 1. The normalized spacial score (nSPS) is 17.8. The molecule has 4 aromatic carbocycles. The molecule has 4 heterocycles. The quantitative estimate of drug-likeness (QED) is 0.120. The fourth-order valence-electron chi connectivity index (χ4n) is 8.90. The average Bonchev–Trinajstić information content (AvgIpc) is 4.09. The number of rotatable bonds is 11. The summed E-state index contributed by atoms with van der Waals surface area (Å²) in [4.78, 5) is 60.0. The summed E-state index contributed by atoms with van der Waals surface area (Å²) in [5.41, 5.74) is 7.17. The highest BCUT2D eigenvalue weighted by atomic mass is 16.5. The van der Waals surface area contributed by atoms with Crippen LogP contribution in [0.5, 0.6) is 0 Å². The van der Waals surface area contributed by atoms with E-state index in [9.17, 15) is 14.4 Å². The van der Waals surface area contributed by atoms with E-state index in [1.165, 1.54) is 7.11 Å². The van der Waals surface area contributed by atoms with E-state index >= 15 is 0 Å². The minimum Gasteiger partial charge on any atom is -0.453 e. The number of benzene rings is 4. The fourth-order valence-corrected chi connectivity index (χ4v) is 8.90. The highest BCUT2D eigenvalue weighted by Crippen LogP contribution is 2.38. The predicted molar refractivity (Wildman–Crippen MR) is 230 cm³/mol. The number of methoxy groups -OCH3 is 1. The maximum Gasteiger partial charge on any atom is 0.407 e. The first kappa shape index (κ1) is 39.6. The van der Waals surface area contributed by atoms with E-state index in [1.54, 1.807) is 0 Å². The molecule has 0 spiro atoms. The van der Waals surface area contributed by atoms with Crippen molar-refractivity contribution in [2.75, 3.05) is 20.2 Å². The lowest BCUT2D eigenvalue weighted by molar-refractivity contribution is -0.136. The summed E-state index contributed by atoms with van der Waals surface area (Å²) >= 11 is 0. The zero-order valence-electron chi connectivity index (χ0n) is 34.4. The van der Waals surface area contributed by atoms with Crippen LogP contribution in [0.15, 0.2) is 103 Å². The Kier molecular flexibility index (Phi) is 11.4. The van der Waals surface area contributed by atoms with Crippen LogP contribution in [-0.2, 0) is 14.3 Å². The van der Waals surface area contributed by atoms with Gasteiger partial charge in [-0.15, -0.1) is 0 Å². The lowest BCUT2D eigenvalue weighted by atomic mass is 9.87. The number of aromatic amines is 2. The minimum absolute atomic E-state index is 0.0666. The molecule has 2 fully saturated rings. The van der Waals surface area contributed by atoms with Crippen LogP contribution in [0.2, 0.25) is 0 Å². The van der Waals surface area contributed by atoms with Gasteiger partial charge in [-0.25, -0.2) is 14.8 Å². The molecule has 2 aromatic heterocycles. The zero-order chi connectivity index (χ0) is 41.2. The summed E-state index contributed by atoms with van der Waals surface area (Å²) in [7, 11) is 1.30. The molecule has 3 N–H and O–H groups in total. The van der Waals surface area contributed by atoms with Gasteiger partial charge in [-0.1, -0.05) is 107 Å². The number of nitrogens with one attached hydrogen (secondary N) is 3. The van der Waals surface area contributed by atoms with Crippen LogP contribution in [0.4, 0.5) is 4.79 Å². The first-order valence-corrected chi connectivity index (χ1v) is 20.8. The molecule has 304 valence electrons. The molecule has 6 aromatic rings. The Labute approximate surface area is 345 Å². The molecule has 11 nitrogen and oxygen atoms in total. The van der Waals surface area contributed by atoms with Gasteiger partial charge in [0, 0.05) is 18.7 Å². The number of alkyl carbamates (subject to hydrolysis) is 1. The Hall–Kier alpha value is -6.23. The third-order valence-corrected chi connectivity index (χ3v) is 12.1.